The van der Waals surface area contributed by atoms with Crippen LogP contribution in [-0.4, -0.2) is 11.7 Å². The quantitative estimate of drug-likeness (QED) is 0.933. The van der Waals surface area contributed by atoms with E-state index in [9.17, 15) is 5.11 Å². The number of hydrogen-bond acceptors (Lipinski definition) is 3. The van der Waals surface area contributed by atoms with E-state index in [0.717, 1.165) is 27.1 Å². The summed E-state index contributed by atoms with van der Waals surface area (Å²) in [5.74, 6) is 1.51. The Morgan fingerprint density at radius 1 is 1.33 bits per heavy atom. The number of ether oxygens (including phenoxy) is 1. The molecule has 0 saturated heterocycles. The number of furan rings is 1. The van der Waals surface area contributed by atoms with E-state index in [2.05, 4.69) is 15.9 Å². The van der Waals surface area contributed by atoms with Gasteiger partial charge in [-0.05, 0) is 37.6 Å². The second-order valence-corrected chi connectivity index (χ2v) is 4.81. The van der Waals surface area contributed by atoms with Gasteiger partial charge in [0.2, 0.25) is 0 Å². The molecule has 1 aromatic heterocycles. The highest BCUT2D eigenvalue weighted by atomic mass is 79.9. The fraction of sp³-hybridized carbons (Fsp3) is 0.286. The lowest BCUT2D eigenvalue weighted by Gasteiger charge is -2.13. The predicted molar refractivity (Wildman–Crippen MR) is 72.8 cm³/mol. The summed E-state index contributed by atoms with van der Waals surface area (Å²) in [5, 5.41) is 10.3. The van der Waals surface area contributed by atoms with Gasteiger partial charge in [0.05, 0.1) is 12.9 Å². The Morgan fingerprint density at radius 2 is 2.11 bits per heavy atom. The third kappa shape index (κ3) is 2.60. The summed E-state index contributed by atoms with van der Waals surface area (Å²) < 4.78 is 11.4. The van der Waals surface area contributed by atoms with Crippen molar-refractivity contribution in [2.24, 2.45) is 0 Å². The highest BCUT2D eigenvalue weighted by Crippen LogP contribution is 2.32. The number of aliphatic hydroxyl groups excluding tert-OH is 1. The molecule has 1 unspecified atom stereocenters. The van der Waals surface area contributed by atoms with Gasteiger partial charge < -0.3 is 14.3 Å². The molecular weight excluding hydrogens is 296 g/mol. The molecular formula is C14H15BrO3. The lowest BCUT2D eigenvalue weighted by molar-refractivity contribution is 0.217. The van der Waals surface area contributed by atoms with Crippen molar-refractivity contribution in [3.05, 3.63) is 51.9 Å². The van der Waals surface area contributed by atoms with Crippen LogP contribution < -0.4 is 4.74 Å². The molecule has 0 amide bonds. The molecule has 0 aliphatic heterocycles. The molecule has 0 fully saturated rings. The topological polar surface area (TPSA) is 42.6 Å². The van der Waals surface area contributed by atoms with E-state index >= 15 is 0 Å². The molecule has 0 saturated carbocycles. The SMILES string of the molecule is CCOc1ccc(C(O)c2ccoc2C)c(Br)c1. The maximum Gasteiger partial charge on any atom is 0.120 e. The Balaban J connectivity index is 2.31. The van der Waals surface area contributed by atoms with Crippen molar-refractivity contribution in [1.82, 2.24) is 0 Å². The summed E-state index contributed by atoms with van der Waals surface area (Å²) in [6.45, 7) is 4.39. The van der Waals surface area contributed by atoms with Crippen molar-refractivity contribution in [3.8, 4) is 5.75 Å². The average Bonchev–Trinajstić information content (AvgIpc) is 2.75. The van der Waals surface area contributed by atoms with Gasteiger partial charge in [-0.1, -0.05) is 22.0 Å². The first kappa shape index (κ1) is 13.2. The molecule has 18 heavy (non-hydrogen) atoms. The van der Waals surface area contributed by atoms with Crippen molar-refractivity contribution < 1.29 is 14.3 Å². The summed E-state index contributed by atoms with van der Waals surface area (Å²) in [4.78, 5) is 0. The lowest BCUT2D eigenvalue weighted by atomic mass is 10.0. The molecule has 1 heterocycles. The van der Waals surface area contributed by atoms with Gasteiger partial charge in [-0.3, -0.25) is 0 Å². The van der Waals surface area contributed by atoms with Gasteiger partial charge in [-0.25, -0.2) is 0 Å². The molecule has 1 N–H and O–H groups in total. The van der Waals surface area contributed by atoms with Crippen LogP contribution >= 0.6 is 15.9 Å². The van der Waals surface area contributed by atoms with Crippen molar-refractivity contribution in [2.75, 3.05) is 6.61 Å². The van der Waals surface area contributed by atoms with Crippen LogP contribution in [0.2, 0.25) is 0 Å². The van der Waals surface area contributed by atoms with Gasteiger partial charge in [0.25, 0.3) is 0 Å². The number of hydrogen-bond donors (Lipinski definition) is 1. The van der Waals surface area contributed by atoms with Gasteiger partial charge in [-0.15, -0.1) is 0 Å². The van der Waals surface area contributed by atoms with Crippen LogP contribution in [0, 0.1) is 6.92 Å². The maximum absolute atomic E-state index is 10.3. The number of rotatable bonds is 4. The molecule has 2 aromatic rings. The van der Waals surface area contributed by atoms with Crippen molar-refractivity contribution in [3.63, 3.8) is 0 Å². The summed E-state index contributed by atoms with van der Waals surface area (Å²) >= 11 is 3.46. The Morgan fingerprint density at radius 3 is 2.67 bits per heavy atom. The molecule has 1 aromatic carbocycles. The number of benzene rings is 1. The zero-order valence-electron chi connectivity index (χ0n) is 10.3. The fourth-order valence-electron chi connectivity index (χ4n) is 1.83. The van der Waals surface area contributed by atoms with Crippen molar-refractivity contribution in [1.29, 1.82) is 0 Å². The molecule has 96 valence electrons. The van der Waals surface area contributed by atoms with Crippen LogP contribution in [0.15, 0.2) is 39.4 Å². The summed E-state index contributed by atoms with van der Waals surface area (Å²) in [6.07, 6.45) is 0.880. The van der Waals surface area contributed by atoms with Crippen LogP contribution in [0.25, 0.3) is 0 Å². The molecule has 2 rings (SSSR count). The van der Waals surface area contributed by atoms with E-state index in [1.54, 1.807) is 12.3 Å². The molecule has 4 heteroatoms. The number of halogens is 1. The van der Waals surface area contributed by atoms with Crippen molar-refractivity contribution in [2.45, 2.75) is 20.0 Å². The van der Waals surface area contributed by atoms with Gasteiger partial charge >= 0.3 is 0 Å². The Kier molecular flexibility index (Phi) is 4.09. The summed E-state index contributed by atoms with van der Waals surface area (Å²) in [6, 6.07) is 7.34. The highest BCUT2D eigenvalue weighted by Gasteiger charge is 2.17. The van der Waals surface area contributed by atoms with Crippen LogP contribution in [0.3, 0.4) is 0 Å². The normalized spacial score (nSPS) is 12.4. The van der Waals surface area contributed by atoms with Crippen LogP contribution in [0.5, 0.6) is 5.75 Å². The van der Waals surface area contributed by atoms with Gasteiger partial charge in [0.1, 0.15) is 17.6 Å². The first-order valence-corrected chi connectivity index (χ1v) is 6.57. The maximum atomic E-state index is 10.3. The van der Waals surface area contributed by atoms with E-state index in [1.807, 2.05) is 32.0 Å². The van der Waals surface area contributed by atoms with E-state index in [1.165, 1.54) is 0 Å². The summed E-state index contributed by atoms with van der Waals surface area (Å²) in [7, 11) is 0. The number of aliphatic hydroxyl groups is 1. The number of aryl methyl sites for hydroxylation is 1. The van der Waals surface area contributed by atoms with Crippen LogP contribution in [0.1, 0.15) is 29.9 Å². The second kappa shape index (κ2) is 5.59. The monoisotopic (exact) mass is 310 g/mol. The zero-order valence-corrected chi connectivity index (χ0v) is 11.9. The van der Waals surface area contributed by atoms with Gasteiger partial charge in [0.15, 0.2) is 0 Å². The predicted octanol–water partition coefficient (Wildman–Crippen LogP) is 3.83. The first-order valence-electron chi connectivity index (χ1n) is 5.77. The highest BCUT2D eigenvalue weighted by molar-refractivity contribution is 9.10. The molecule has 0 bridgehead atoms. The summed E-state index contributed by atoms with van der Waals surface area (Å²) in [5.41, 5.74) is 1.57. The minimum atomic E-state index is -0.700. The zero-order chi connectivity index (χ0) is 13.1. The smallest absolute Gasteiger partial charge is 0.120 e. The lowest BCUT2D eigenvalue weighted by Crippen LogP contribution is -2.01. The third-order valence-corrected chi connectivity index (χ3v) is 3.46. The van der Waals surface area contributed by atoms with Gasteiger partial charge in [-0.2, -0.15) is 0 Å². The average molecular weight is 311 g/mol. The van der Waals surface area contributed by atoms with E-state index in [-0.39, 0.29) is 0 Å². The molecule has 0 spiro atoms. The van der Waals surface area contributed by atoms with E-state index < -0.39 is 6.10 Å². The molecule has 1 atom stereocenters. The van der Waals surface area contributed by atoms with Crippen LogP contribution in [0.4, 0.5) is 0 Å². The molecule has 0 aliphatic carbocycles. The van der Waals surface area contributed by atoms with Crippen molar-refractivity contribution >= 4 is 15.9 Å². The first-order chi connectivity index (χ1) is 8.63. The second-order valence-electron chi connectivity index (χ2n) is 3.95. The largest absolute Gasteiger partial charge is 0.494 e. The molecule has 3 nitrogen and oxygen atoms in total. The third-order valence-electron chi connectivity index (χ3n) is 2.77. The minimum absolute atomic E-state index is 0.620. The fourth-order valence-corrected chi connectivity index (χ4v) is 2.41. The Bertz CT molecular complexity index is 534. The molecule has 0 radical (unpaired) electrons. The van der Waals surface area contributed by atoms with Crippen LogP contribution in [-0.2, 0) is 0 Å². The van der Waals surface area contributed by atoms with E-state index in [4.69, 9.17) is 9.15 Å². The molecule has 0 aliphatic rings. The standard InChI is InChI=1S/C14H15BrO3/c1-3-17-10-4-5-12(13(15)8-10)14(16)11-6-7-18-9(11)2/h4-8,14,16H,3H2,1-2H3. The Hall–Kier alpha value is -1.26. The van der Waals surface area contributed by atoms with E-state index in [0.29, 0.717) is 6.61 Å². The minimum Gasteiger partial charge on any atom is -0.494 e. The van der Waals surface area contributed by atoms with Gasteiger partial charge in [0, 0.05) is 10.0 Å². The Labute approximate surface area is 115 Å².